The summed E-state index contributed by atoms with van der Waals surface area (Å²) in [4.78, 5) is 35.3. The molecule has 9 heteroatoms. The first-order chi connectivity index (χ1) is 15.9. The van der Waals surface area contributed by atoms with Gasteiger partial charge in [-0.3, -0.25) is 9.69 Å². The lowest BCUT2D eigenvalue weighted by Crippen LogP contribution is -2.50. The van der Waals surface area contributed by atoms with Crippen molar-refractivity contribution in [1.82, 2.24) is 9.88 Å². The maximum Gasteiger partial charge on any atom is 0.411 e. The molecule has 4 rings (SSSR count). The van der Waals surface area contributed by atoms with Crippen molar-refractivity contribution >= 4 is 23.5 Å². The summed E-state index contributed by atoms with van der Waals surface area (Å²) in [6, 6.07) is 1.96. The molecule has 182 valence electrons. The second-order valence-corrected chi connectivity index (χ2v) is 9.67. The first kappa shape index (κ1) is 23.6. The highest BCUT2D eigenvalue weighted by molar-refractivity contribution is 5.87. The number of carboxylic acid groups (broad SMARTS) is 1. The van der Waals surface area contributed by atoms with Gasteiger partial charge in [-0.05, 0) is 51.4 Å². The zero-order chi connectivity index (χ0) is 23.6. The number of aliphatic hydroxyl groups excluding tert-OH is 1. The molecule has 1 spiro atoms. The molecule has 2 amide bonds. The Morgan fingerprint density at radius 2 is 2.03 bits per heavy atom. The monoisotopic (exact) mass is 460 g/mol. The molecule has 1 unspecified atom stereocenters. The van der Waals surface area contributed by atoms with Crippen LogP contribution in [0.1, 0.15) is 58.3 Å². The third-order valence-electron chi connectivity index (χ3n) is 7.56. The largest absolute Gasteiger partial charge is 0.493 e. The van der Waals surface area contributed by atoms with E-state index in [1.165, 1.54) is 4.90 Å². The average Bonchev–Trinajstić information content (AvgIpc) is 3.12. The molecular formula is C24H36N4O5. The number of pyridine rings is 1. The van der Waals surface area contributed by atoms with Gasteiger partial charge in [-0.2, -0.15) is 0 Å². The van der Waals surface area contributed by atoms with E-state index in [-0.39, 0.29) is 18.1 Å². The number of nitrogens with zero attached hydrogens (tertiary/aromatic N) is 4. The molecule has 0 radical (unpaired) electrons. The summed E-state index contributed by atoms with van der Waals surface area (Å²) in [7, 11) is 1.56. The van der Waals surface area contributed by atoms with Crippen LogP contribution in [-0.2, 0) is 4.79 Å². The molecule has 9 nitrogen and oxygen atoms in total. The van der Waals surface area contributed by atoms with E-state index in [2.05, 4.69) is 14.8 Å². The van der Waals surface area contributed by atoms with Crippen LogP contribution in [0.2, 0.25) is 0 Å². The van der Waals surface area contributed by atoms with Gasteiger partial charge >= 0.3 is 6.09 Å². The summed E-state index contributed by atoms with van der Waals surface area (Å²) >= 11 is 0. The number of rotatable bonds is 6. The number of hydrogen-bond acceptors (Lipinski definition) is 6. The highest BCUT2D eigenvalue weighted by atomic mass is 16.5. The van der Waals surface area contributed by atoms with Crippen molar-refractivity contribution in [1.29, 1.82) is 0 Å². The van der Waals surface area contributed by atoms with Crippen molar-refractivity contribution < 1.29 is 24.5 Å². The fourth-order valence-corrected chi connectivity index (χ4v) is 5.78. The van der Waals surface area contributed by atoms with Crippen LogP contribution in [0, 0.1) is 5.41 Å². The van der Waals surface area contributed by atoms with Crippen LogP contribution in [-0.4, -0.2) is 77.5 Å². The van der Waals surface area contributed by atoms with E-state index < -0.39 is 11.5 Å². The smallest absolute Gasteiger partial charge is 0.411 e. The minimum atomic E-state index is -1.02. The van der Waals surface area contributed by atoms with Crippen LogP contribution in [0.15, 0.2) is 12.3 Å². The van der Waals surface area contributed by atoms with Gasteiger partial charge in [-0.1, -0.05) is 6.92 Å². The van der Waals surface area contributed by atoms with Gasteiger partial charge in [0.2, 0.25) is 5.91 Å². The standard InChI is InChI=1S/C24H36N4O5/c1-3-11-28(23(31)32)18-14-20(33-2)21(25-15-18)26-12-4-9-24(16-26)10-13-27(22(24)30)17-5-7-19(29)8-6-17/h14-15,17,19,29H,3-13,16H2,1-2H3,(H,31,32). The molecule has 0 bridgehead atoms. The molecule has 0 aromatic carbocycles. The van der Waals surface area contributed by atoms with E-state index in [1.54, 1.807) is 19.4 Å². The SMILES string of the molecule is CCCN(C(=O)O)c1cnc(N2CCCC3(CCN(C4CCC(O)CC4)C3=O)C2)c(OC)c1. The van der Waals surface area contributed by atoms with Gasteiger partial charge in [0.05, 0.1) is 30.5 Å². The van der Waals surface area contributed by atoms with Crippen LogP contribution >= 0.6 is 0 Å². The third kappa shape index (κ3) is 4.60. The van der Waals surface area contributed by atoms with Gasteiger partial charge in [-0.15, -0.1) is 0 Å². The number of likely N-dealkylation sites (tertiary alicyclic amines) is 1. The number of carbonyl (C=O) groups is 2. The number of methoxy groups -OCH3 is 1. The summed E-state index contributed by atoms with van der Waals surface area (Å²) in [5.41, 5.74) is 0.0777. The van der Waals surface area contributed by atoms with E-state index in [1.807, 2.05) is 6.92 Å². The predicted octanol–water partition coefficient (Wildman–Crippen LogP) is 3.11. The molecular weight excluding hydrogens is 424 g/mol. The number of aliphatic hydroxyl groups is 1. The first-order valence-electron chi connectivity index (χ1n) is 12.2. The van der Waals surface area contributed by atoms with E-state index in [9.17, 15) is 19.8 Å². The van der Waals surface area contributed by atoms with Crippen LogP contribution in [0.5, 0.6) is 5.75 Å². The topological polar surface area (TPSA) is 106 Å². The second kappa shape index (κ2) is 9.75. The molecule has 1 aromatic rings. The number of hydrogen-bond donors (Lipinski definition) is 2. The number of anilines is 2. The Balaban J connectivity index is 1.52. The van der Waals surface area contributed by atoms with E-state index in [0.29, 0.717) is 36.8 Å². The van der Waals surface area contributed by atoms with Crippen molar-refractivity contribution in [2.24, 2.45) is 5.41 Å². The minimum absolute atomic E-state index is 0.228. The Morgan fingerprint density at radius 3 is 2.70 bits per heavy atom. The molecule has 2 aliphatic heterocycles. The number of ether oxygens (including phenoxy) is 1. The van der Waals surface area contributed by atoms with E-state index in [0.717, 1.165) is 58.0 Å². The molecule has 1 atom stereocenters. The highest BCUT2D eigenvalue weighted by Gasteiger charge is 2.51. The summed E-state index contributed by atoms with van der Waals surface area (Å²) < 4.78 is 5.61. The van der Waals surface area contributed by atoms with Crippen LogP contribution in [0.3, 0.4) is 0 Å². The highest BCUT2D eigenvalue weighted by Crippen LogP contribution is 2.44. The Bertz CT molecular complexity index is 872. The van der Waals surface area contributed by atoms with Crippen LogP contribution in [0.4, 0.5) is 16.3 Å². The molecule has 3 aliphatic rings. The van der Waals surface area contributed by atoms with E-state index in [4.69, 9.17) is 4.74 Å². The number of carbonyl (C=O) groups excluding carboxylic acids is 1. The Morgan fingerprint density at radius 1 is 1.27 bits per heavy atom. The molecule has 1 aliphatic carbocycles. The molecule has 2 N–H and O–H groups in total. The average molecular weight is 461 g/mol. The summed E-state index contributed by atoms with van der Waals surface area (Å²) in [5.74, 6) is 1.42. The van der Waals surface area contributed by atoms with Crippen molar-refractivity contribution in [3.63, 3.8) is 0 Å². The number of aromatic nitrogens is 1. The maximum absolute atomic E-state index is 13.6. The van der Waals surface area contributed by atoms with Crippen molar-refractivity contribution in [3.8, 4) is 5.75 Å². The molecule has 3 fully saturated rings. The fraction of sp³-hybridized carbons (Fsp3) is 0.708. The zero-order valence-corrected chi connectivity index (χ0v) is 19.7. The third-order valence-corrected chi connectivity index (χ3v) is 7.56. The van der Waals surface area contributed by atoms with Gasteiger partial charge in [0.15, 0.2) is 11.6 Å². The number of piperidine rings is 1. The van der Waals surface area contributed by atoms with Gasteiger partial charge in [0.25, 0.3) is 0 Å². The van der Waals surface area contributed by atoms with E-state index >= 15 is 0 Å². The normalized spacial score (nSPS) is 27.8. The van der Waals surface area contributed by atoms with Crippen LogP contribution < -0.4 is 14.5 Å². The Labute approximate surface area is 195 Å². The fourth-order valence-electron chi connectivity index (χ4n) is 5.78. The van der Waals surface area contributed by atoms with Crippen LogP contribution in [0.25, 0.3) is 0 Å². The van der Waals surface area contributed by atoms with Crippen molar-refractivity contribution in [2.45, 2.75) is 70.4 Å². The molecule has 33 heavy (non-hydrogen) atoms. The summed E-state index contributed by atoms with van der Waals surface area (Å²) in [6.45, 7) is 4.47. The van der Waals surface area contributed by atoms with Gasteiger partial charge in [-0.25, -0.2) is 9.78 Å². The maximum atomic E-state index is 13.6. The summed E-state index contributed by atoms with van der Waals surface area (Å²) in [5, 5.41) is 19.4. The Kier molecular flexibility index (Phi) is 6.97. The molecule has 3 heterocycles. The first-order valence-corrected chi connectivity index (χ1v) is 12.2. The van der Waals surface area contributed by atoms with Crippen molar-refractivity contribution in [3.05, 3.63) is 12.3 Å². The molecule has 2 saturated heterocycles. The van der Waals surface area contributed by atoms with Crippen molar-refractivity contribution in [2.75, 3.05) is 43.1 Å². The second-order valence-electron chi connectivity index (χ2n) is 9.67. The van der Waals surface area contributed by atoms with Gasteiger partial charge in [0, 0.05) is 38.3 Å². The summed E-state index contributed by atoms with van der Waals surface area (Å²) in [6.07, 6.45) is 6.94. The Hall–Kier alpha value is -2.55. The van der Waals surface area contributed by atoms with Gasteiger partial charge in [0.1, 0.15) is 0 Å². The minimum Gasteiger partial charge on any atom is -0.493 e. The zero-order valence-electron chi connectivity index (χ0n) is 19.7. The lowest BCUT2D eigenvalue weighted by Gasteiger charge is -2.41. The lowest BCUT2D eigenvalue weighted by molar-refractivity contribution is -0.139. The molecule has 1 saturated carbocycles. The number of amides is 2. The molecule has 1 aromatic heterocycles. The van der Waals surface area contributed by atoms with Gasteiger partial charge < -0.3 is 24.7 Å². The lowest BCUT2D eigenvalue weighted by atomic mass is 9.78. The quantitative estimate of drug-likeness (QED) is 0.672. The predicted molar refractivity (Wildman–Crippen MR) is 125 cm³/mol.